The van der Waals surface area contributed by atoms with Crippen molar-refractivity contribution in [1.29, 1.82) is 0 Å². The smallest absolute Gasteiger partial charge is 0.291 e. The van der Waals surface area contributed by atoms with E-state index < -0.39 is 0 Å². The standard InChI is InChI=1S/C32H39N5O4/c1-22-7-4-8-27(24(22)3)35-17-19-36(20-18-35)28-12-11-25(21-26(28)34-32(40)29-13-10-23(2)41-29)31(39)33-14-6-16-37-15-5-9-30(37)38/h4,7-8,10-13,21H,5-6,9,14-20H2,1-3H3,(H,33,39)(H,34,40). The molecule has 1 aromatic heterocycles. The molecule has 3 amide bonds. The summed E-state index contributed by atoms with van der Waals surface area (Å²) in [5.74, 6) is 0.490. The topological polar surface area (TPSA) is 98.1 Å². The van der Waals surface area contributed by atoms with Crippen molar-refractivity contribution in [3.8, 4) is 0 Å². The highest BCUT2D eigenvalue weighted by Crippen LogP contribution is 2.31. The van der Waals surface area contributed by atoms with Crippen LogP contribution in [-0.4, -0.2) is 68.4 Å². The molecule has 0 atom stereocenters. The van der Waals surface area contributed by atoms with Crippen molar-refractivity contribution in [3.05, 3.63) is 76.7 Å². The molecule has 2 saturated heterocycles. The number of hydrogen-bond acceptors (Lipinski definition) is 6. The molecule has 2 fully saturated rings. The van der Waals surface area contributed by atoms with E-state index in [9.17, 15) is 14.4 Å². The quantitative estimate of drug-likeness (QED) is 0.376. The van der Waals surface area contributed by atoms with Gasteiger partial charge in [0.1, 0.15) is 5.76 Å². The Bertz CT molecular complexity index is 1420. The Hall–Kier alpha value is -4.27. The molecule has 216 valence electrons. The number of amides is 3. The van der Waals surface area contributed by atoms with E-state index in [1.54, 1.807) is 31.2 Å². The first-order chi connectivity index (χ1) is 19.8. The maximum atomic E-state index is 13.0. The van der Waals surface area contributed by atoms with Crippen molar-refractivity contribution in [2.45, 2.75) is 40.0 Å². The summed E-state index contributed by atoms with van der Waals surface area (Å²) >= 11 is 0. The van der Waals surface area contributed by atoms with Gasteiger partial charge < -0.3 is 29.8 Å². The average molecular weight is 558 g/mol. The lowest BCUT2D eigenvalue weighted by molar-refractivity contribution is -0.127. The van der Waals surface area contributed by atoms with Crippen molar-refractivity contribution >= 4 is 34.8 Å². The van der Waals surface area contributed by atoms with Gasteiger partial charge in [-0.3, -0.25) is 14.4 Å². The van der Waals surface area contributed by atoms with E-state index in [1.165, 1.54) is 16.8 Å². The maximum absolute atomic E-state index is 13.0. The van der Waals surface area contributed by atoms with Crippen LogP contribution in [0.4, 0.5) is 17.1 Å². The van der Waals surface area contributed by atoms with Crippen LogP contribution in [0.15, 0.2) is 52.9 Å². The number of piperazine rings is 1. The van der Waals surface area contributed by atoms with E-state index in [0.29, 0.717) is 42.9 Å². The number of rotatable bonds is 9. The highest BCUT2D eigenvalue weighted by atomic mass is 16.3. The van der Waals surface area contributed by atoms with Gasteiger partial charge in [-0.05, 0) is 81.1 Å². The van der Waals surface area contributed by atoms with Crippen LogP contribution in [0.3, 0.4) is 0 Å². The molecule has 3 aromatic rings. The number of nitrogens with zero attached hydrogens (tertiary/aromatic N) is 3. The van der Waals surface area contributed by atoms with Crippen LogP contribution in [0, 0.1) is 20.8 Å². The number of carbonyl (C=O) groups is 3. The molecule has 0 bridgehead atoms. The van der Waals surface area contributed by atoms with Crippen molar-refractivity contribution in [2.75, 3.05) is 60.9 Å². The van der Waals surface area contributed by atoms with Crippen molar-refractivity contribution in [1.82, 2.24) is 10.2 Å². The zero-order chi connectivity index (χ0) is 28.9. The fourth-order valence-corrected chi connectivity index (χ4v) is 5.57. The average Bonchev–Trinajstić information content (AvgIpc) is 3.60. The summed E-state index contributed by atoms with van der Waals surface area (Å²) in [6.45, 7) is 11.2. The zero-order valence-corrected chi connectivity index (χ0v) is 24.2. The summed E-state index contributed by atoms with van der Waals surface area (Å²) in [5.41, 5.74) is 5.73. The van der Waals surface area contributed by atoms with Gasteiger partial charge in [0, 0.05) is 63.5 Å². The Morgan fingerprint density at radius 1 is 0.878 bits per heavy atom. The van der Waals surface area contributed by atoms with Gasteiger partial charge in [0.15, 0.2) is 5.76 Å². The fraction of sp³-hybridized carbons (Fsp3) is 0.406. The molecule has 9 nitrogen and oxygen atoms in total. The first-order valence-corrected chi connectivity index (χ1v) is 14.4. The second-order valence-electron chi connectivity index (χ2n) is 10.9. The molecular formula is C32H39N5O4. The van der Waals surface area contributed by atoms with Crippen LogP contribution >= 0.6 is 0 Å². The van der Waals surface area contributed by atoms with Crippen LogP contribution in [0.1, 0.15) is 57.1 Å². The van der Waals surface area contributed by atoms with Crippen LogP contribution in [0.2, 0.25) is 0 Å². The third kappa shape index (κ3) is 6.56. The number of benzene rings is 2. The Balaban J connectivity index is 1.29. The monoisotopic (exact) mass is 557 g/mol. The zero-order valence-electron chi connectivity index (χ0n) is 24.2. The normalized spacial score (nSPS) is 15.4. The Labute approximate surface area is 241 Å². The minimum atomic E-state index is -0.360. The lowest BCUT2D eigenvalue weighted by Crippen LogP contribution is -2.47. The van der Waals surface area contributed by atoms with Crippen LogP contribution in [0.5, 0.6) is 0 Å². The predicted molar refractivity (Wildman–Crippen MR) is 161 cm³/mol. The van der Waals surface area contributed by atoms with E-state index in [1.807, 2.05) is 11.0 Å². The van der Waals surface area contributed by atoms with Crippen LogP contribution in [-0.2, 0) is 4.79 Å². The number of aryl methyl sites for hydroxylation is 2. The fourth-order valence-electron chi connectivity index (χ4n) is 5.57. The molecule has 0 aliphatic carbocycles. The van der Waals surface area contributed by atoms with Gasteiger partial charge in [0.25, 0.3) is 11.8 Å². The molecule has 9 heteroatoms. The predicted octanol–water partition coefficient (Wildman–Crippen LogP) is 4.53. The summed E-state index contributed by atoms with van der Waals surface area (Å²) in [6, 6.07) is 15.3. The van der Waals surface area contributed by atoms with E-state index in [4.69, 9.17) is 4.42 Å². The first kappa shape index (κ1) is 28.3. The van der Waals surface area contributed by atoms with Crippen molar-refractivity contribution in [2.24, 2.45) is 0 Å². The lowest BCUT2D eigenvalue weighted by Gasteiger charge is -2.39. The molecule has 2 aromatic carbocycles. The largest absolute Gasteiger partial charge is 0.456 e. The molecule has 0 unspecified atom stereocenters. The molecule has 0 spiro atoms. The molecule has 2 aliphatic heterocycles. The van der Waals surface area contributed by atoms with Gasteiger partial charge in [0.05, 0.1) is 11.4 Å². The number of furan rings is 1. The Morgan fingerprint density at radius 3 is 2.32 bits per heavy atom. The summed E-state index contributed by atoms with van der Waals surface area (Å²) in [7, 11) is 0. The van der Waals surface area contributed by atoms with Crippen LogP contribution in [0.25, 0.3) is 0 Å². The summed E-state index contributed by atoms with van der Waals surface area (Å²) in [6.07, 6.45) is 2.22. The van der Waals surface area contributed by atoms with Crippen molar-refractivity contribution < 1.29 is 18.8 Å². The van der Waals surface area contributed by atoms with Gasteiger partial charge >= 0.3 is 0 Å². The van der Waals surface area contributed by atoms with Gasteiger partial charge in [0.2, 0.25) is 5.91 Å². The maximum Gasteiger partial charge on any atom is 0.291 e. The molecule has 2 N–H and O–H groups in total. The molecule has 41 heavy (non-hydrogen) atoms. The SMILES string of the molecule is Cc1ccc(C(=O)Nc2cc(C(=O)NCCCN3CCCC3=O)ccc2N2CCN(c3cccc(C)c3C)CC2)o1. The van der Waals surface area contributed by atoms with E-state index in [0.717, 1.165) is 44.8 Å². The highest BCUT2D eigenvalue weighted by molar-refractivity contribution is 6.05. The Kier molecular flexibility index (Phi) is 8.61. The second kappa shape index (κ2) is 12.5. The minimum absolute atomic E-state index is 0.189. The number of nitrogens with one attached hydrogen (secondary N) is 2. The lowest BCUT2D eigenvalue weighted by atomic mass is 10.1. The number of anilines is 3. The van der Waals surface area contributed by atoms with E-state index in [-0.39, 0.29) is 23.5 Å². The van der Waals surface area contributed by atoms with Crippen LogP contribution < -0.4 is 20.4 Å². The molecule has 0 saturated carbocycles. The van der Waals surface area contributed by atoms with Gasteiger partial charge in [-0.2, -0.15) is 0 Å². The second-order valence-corrected chi connectivity index (χ2v) is 10.9. The molecule has 3 heterocycles. The molecule has 0 radical (unpaired) electrons. The van der Waals surface area contributed by atoms with Gasteiger partial charge in [-0.15, -0.1) is 0 Å². The highest BCUT2D eigenvalue weighted by Gasteiger charge is 2.24. The number of hydrogen-bond donors (Lipinski definition) is 2. The van der Waals surface area contributed by atoms with Crippen molar-refractivity contribution in [3.63, 3.8) is 0 Å². The summed E-state index contributed by atoms with van der Waals surface area (Å²) in [4.78, 5) is 44.4. The molecular weight excluding hydrogens is 518 g/mol. The number of carbonyl (C=O) groups excluding carboxylic acids is 3. The molecule has 5 rings (SSSR count). The van der Waals surface area contributed by atoms with Gasteiger partial charge in [-0.1, -0.05) is 12.1 Å². The first-order valence-electron chi connectivity index (χ1n) is 14.4. The minimum Gasteiger partial charge on any atom is -0.456 e. The third-order valence-electron chi connectivity index (χ3n) is 8.07. The molecule has 2 aliphatic rings. The summed E-state index contributed by atoms with van der Waals surface area (Å²) < 4.78 is 5.54. The van der Waals surface area contributed by atoms with Gasteiger partial charge in [-0.25, -0.2) is 0 Å². The third-order valence-corrected chi connectivity index (χ3v) is 8.07. The summed E-state index contributed by atoms with van der Waals surface area (Å²) in [5, 5.41) is 5.95. The Morgan fingerprint density at radius 2 is 1.63 bits per heavy atom. The van der Waals surface area contributed by atoms with E-state index >= 15 is 0 Å². The van der Waals surface area contributed by atoms with E-state index in [2.05, 4.69) is 52.5 Å². The number of likely N-dealkylation sites (tertiary alicyclic amines) is 1.